The molecule has 1 unspecified atom stereocenters. The van der Waals surface area contributed by atoms with E-state index in [0.29, 0.717) is 12.8 Å². The number of sulfonamides is 1. The Labute approximate surface area is 257 Å². The van der Waals surface area contributed by atoms with Gasteiger partial charge in [0.1, 0.15) is 11.6 Å². The molecule has 1 spiro atoms. The van der Waals surface area contributed by atoms with Gasteiger partial charge < -0.3 is 10.2 Å². The quantitative estimate of drug-likeness (QED) is 0.344. The van der Waals surface area contributed by atoms with E-state index < -0.39 is 62.9 Å². The Balaban J connectivity index is 1.44. The van der Waals surface area contributed by atoms with E-state index >= 15 is 4.39 Å². The molecule has 2 fully saturated rings. The summed E-state index contributed by atoms with van der Waals surface area (Å²) in [5.41, 5.74) is -2.54. The molecule has 1 saturated heterocycles. The summed E-state index contributed by atoms with van der Waals surface area (Å²) >= 11 is 0. The van der Waals surface area contributed by atoms with E-state index in [0.717, 1.165) is 36.4 Å². The SMILES string of the molecule is CC(=O)N1CCC2(CC1)c1c(ccc(C(=O)NCc3ccccc3C(F)(F)F)c1F)N(S(=O)(=O)c1ccc(F)cc1)C2C1CC1. The summed E-state index contributed by atoms with van der Waals surface area (Å²) in [6.45, 7) is 1.39. The van der Waals surface area contributed by atoms with Gasteiger partial charge in [-0.2, -0.15) is 13.2 Å². The predicted octanol–water partition coefficient (Wildman–Crippen LogP) is 5.78. The third kappa shape index (κ3) is 5.34. The van der Waals surface area contributed by atoms with Crippen LogP contribution >= 0.6 is 0 Å². The van der Waals surface area contributed by atoms with E-state index in [1.807, 2.05) is 0 Å². The normalized spacial score (nSPS) is 19.5. The molecular formula is C32H30F5N3O4S. The van der Waals surface area contributed by atoms with E-state index in [4.69, 9.17) is 0 Å². The number of likely N-dealkylation sites (tertiary alicyclic amines) is 1. The molecular weight excluding hydrogens is 617 g/mol. The van der Waals surface area contributed by atoms with Crippen LogP contribution in [0.2, 0.25) is 0 Å². The molecule has 45 heavy (non-hydrogen) atoms. The van der Waals surface area contributed by atoms with Crippen molar-refractivity contribution in [3.63, 3.8) is 0 Å². The first kappa shape index (κ1) is 31.0. The predicted molar refractivity (Wildman–Crippen MR) is 155 cm³/mol. The van der Waals surface area contributed by atoms with Crippen LogP contribution in [0.1, 0.15) is 59.7 Å². The Morgan fingerprint density at radius 1 is 0.956 bits per heavy atom. The lowest BCUT2D eigenvalue weighted by molar-refractivity contribution is -0.138. The highest BCUT2D eigenvalue weighted by atomic mass is 32.2. The number of hydrogen-bond acceptors (Lipinski definition) is 4. The van der Waals surface area contributed by atoms with E-state index in [-0.39, 0.29) is 59.5 Å². The number of benzene rings is 3. The lowest BCUT2D eigenvalue weighted by Crippen LogP contribution is -2.54. The van der Waals surface area contributed by atoms with Crippen LogP contribution in [0.25, 0.3) is 0 Å². The van der Waals surface area contributed by atoms with Crippen LogP contribution < -0.4 is 9.62 Å². The second-order valence-corrected chi connectivity index (χ2v) is 13.7. The zero-order valence-corrected chi connectivity index (χ0v) is 25.0. The van der Waals surface area contributed by atoms with Crippen molar-refractivity contribution in [1.82, 2.24) is 10.2 Å². The Hall–Kier alpha value is -4.00. The Morgan fingerprint density at radius 3 is 2.20 bits per heavy atom. The first-order chi connectivity index (χ1) is 21.3. The molecule has 13 heteroatoms. The van der Waals surface area contributed by atoms with Crippen molar-refractivity contribution >= 4 is 27.5 Å². The number of alkyl halides is 3. The number of nitrogens with one attached hydrogen (secondary N) is 1. The molecule has 6 rings (SSSR count). The molecule has 3 aromatic rings. The summed E-state index contributed by atoms with van der Waals surface area (Å²) in [5, 5.41) is 2.39. The van der Waals surface area contributed by atoms with Gasteiger partial charge in [0, 0.05) is 37.5 Å². The monoisotopic (exact) mass is 647 g/mol. The number of fused-ring (bicyclic) bond motifs is 2. The molecule has 3 aromatic carbocycles. The van der Waals surface area contributed by atoms with Crippen LogP contribution in [0.3, 0.4) is 0 Å². The molecule has 1 aliphatic carbocycles. The summed E-state index contributed by atoms with van der Waals surface area (Å²) < 4.78 is 101. The van der Waals surface area contributed by atoms with Crippen molar-refractivity contribution in [3.8, 4) is 0 Å². The number of rotatable bonds is 6. The van der Waals surface area contributed by atoms with Gasteiger partial charge in [0.2, 0.25) is 5.91 Å². The van der Waals surface area contributed by atoms with E-state index in [1.54, 1.807) is 4.90 Å². The van der Waals surface area contributed by atoms with Gasteiger partial charge >= 0.3 is 6.18 Å². The Kier molecular flexibility index (Phi) is 7.65. The van der Waals surface area contributed by atoms with Crippen LogP contribution in [0, 0.1) is 17.6 Å². The number of halogens is 5. The fourth-order valence-corrected chi connectivity index (χ4v) is 8.75. The summed E-state index contributed by atoms with van der Waals surface area (Å²) in [7, 11) is -4.33. The third-order valence-electron chi connectivity index (χ3n) is 9.22. The maximum Gasteiger partial charge on any atom is 0.416 e. The fraction of sp³-hybridized carbons (Fsp3) is 0.375. The lowest BCUT2D eigenvalue weighted by atomic mass is 9.67. The molecule has 2 amide bonds. The highest BCUT2D eigenvalue weighted by Gasteiger charge is 2.61. The molecule has 1 atom stereocenters. The van der Waals surface area contributed by atoms with Gasteiger partial charge in [0.25, 0.3) is 15.9 Å². The number of nitrogens with zero attached hydrogens (tertiary/aromatic N) is 2. The molecule has 1 N–H and O–H groups in total. The van der Waals surface area contributed by atoms with E-state index in [9.17, 15) is 35.6 Å². The minimum Gasteiger partial charge on any atom is -0.348 e. The number of amides is 2. The zero-order valence-electron chi connectivity index (χ0n) is 24.2. The minimum atomic E-state index is -4.65. The number of carbonyl (C=O) groups is 2. The van der Waals surface area contributed by atoms with Crippen molar-refractivity contribution in [1.29, 1.82) is 0 Å². The van der Waals surface area contributed by atoms with Crippen molar-refractivity contribution in [2.45, 2.75) is 61.7 Å². The maximum absolute atomic E-state index is 16.8. The topological polar surface area (TPSA) is 86.8 Å². The average Bonchev–Trinajstić information content (AvgIpc) is 3.79. The minimum absolute atomic E-state index is 0.0385. The van der Waals surface area contributed by atoms with Crippen molar-refractivity contribution in [2.24, 2.45) is 5.92 Å². The number of carbonyl (C=O) groups excluding carboxylic acids is 2. The average molecular weight is 648 g/mol. The lowest BCUT2D eigenvalue weighted by Gasteiger charge is -2.45. The van der Waals surface area contributed by atoms with Gasteiger partial charge in [-0.15, -0.1) is 0 Å². The largest absolute Gasteiger partial charge is 0.416 e. The molecule has 2 heterocycles. The molecule has 0 radical (unpaired) electrons. The Morgan fingerprint density at radius 2 is 1.60 bits per heavy atom. The second kappa shape index (κ2) is 11.1. The van der Waals surface area contributed by atoms with E-state index in [1.165, 1.54) is 35.5 Å². The molecule has 7 nitrogen and oxygen atoms in total. The smallest absolute Gasteiger partial charge is 0.348 e. The molecule has 0 bridgehead atoms. The van der Waals surface area contributed by atoms with Gasteiger partial charge in [0.15, 0.2) is 0 Å². The van der Waals surface area contributed by atoms with Crippen LogP contribution in [0.5, 0.6) is 0 Å². The molecule has 2 aliphatic heterocycles. The highest BCUT2D eigenvalue weighted by molar-refractivity contribution is 7.92. The first-order valence-corrected chi connectivity index (χ1v) is 16.0. The van der Waals surface area contributed by atoms with Crippen LogP contribution in [0.4, 0.5) is 27.6 Å². The van der Waals surface area contributed by atoms with Gasteiger partial charge in [-0.3, -0.25) is 13.9 Å². The molecule has 1 saturated carbocycles. The van der Waals surface area contributed by atoms with Gasteiger partial charge in [-0.1, -0.05) is 18.2 Å². The summed E-state index contributed by atoms with van der Waals surface area (Å²) in [6, 6.07) is 10.9. The summed E-state index contributed by atoms with van der Waals surface area (Å²) in [4.78, 5) is 26.9. The standard InChI is InChI=1S/C32H30F5N3O4S/c1-19(41)39-16-14-31(15-17-39)27-26(40(29(31)20-6-7-20)45(43,44)23-10-8-22(33)9-11-23)13-12-24(28(27)34)30(42)38-18-21-4-2-3-5-25(21)32(35,36)37/h2-5,8-13,20,29H,6-7,14-18H2,1H3,(H,38,42). The van der Waals surface area contributed by atoms with Gasteiger partial charge in [-0.05, 0) is 79.6 Å². The summed E-state index contributed by atoms with van der Waals surface area (Å²) in [5.74, 6) is -2.82. The van der Waals surface area contributed by atoms with Crippen molar-refractivity contribution < 1.29 is 40.0 Å². The molecule has 3 aliphatic rings. The second-order valence-electron chi connectivity index (χ2n) is 11.9. The Bertz CT molecular complexity index is 1770. The van der Waals surface area contributed by atoms with Gasteiger partial charge in [-0.25, -0.2) is 17.2 Å². The zero-order chi connectivity index (χ0) is 32.3. The van der Waals surface area contributed by atoms with Gasteiger partial charge in [0.05, 0.1) is 27.8 Å². The van der Waals surface area contributed by atoms with Crippen LogP contribution in [-0.4, -0.2) is 44.3 Å². The summed E-state index contributed by atoms with van der Waals surface area (Å²) in [6.07, 6.45) is -2.80. The number of hydrogen-bond donors (Lipinski definition) is 1. The van der Waals surface area contributed by atoms with E-state index in [2.05, 4.69) is 5.32 Å². The van der Waals surface area contributed by atoms with Crippen LogP contribution in [-0.2, 0) is 33.0 Å². The molecule has 0 aromatic heterocycles. The maximum atomic E-state index is 16.8. The van der Waals surface area contributed by atoms with Crippen molar-refractivity contribution in [2.75, 3.05) is 17.4 Å². The number of piperidine rings is 1. The fourth-order valence-electron chi connectivity index (χ4n) is 6.96. The van der Waals surface area contributed by atoms with Crippen molar-refractivity contribution in [3.05, 3.63) is 94.6 Å². The molecule has 238 valence electrons. The third-order valence-corrected chi connectivity index (χ3v) is 11.0. The van der Waals surface area contributed by atoms with Crippen LogP contribution in [0.15, 0.2) is 65.6 Å². The highest BCUT2D eigenvalue weighted by Crippen LogP contribution is 2.59. The first-order valence-electron chi connectivity index (χ1n) is 14.6. The number of anilines is 1.